The SMILES string of the molecule is CCC(Oc1ccc(C)cc1)C(=O)NC1CC(C)(C)Oc2cc(C)ccc21. The van der Waals surface area contributed by atoms with Crippen LogP contribution < -0.4 is 14.8 Å². The molecule has 4 nitrogen and oxygen atoms in total. The molecule has 1 amide bonds. The van der Waals surface area contributed by atoms with E-state index in [1.165, 1.54) is 0 Å². The van der Waals surface area contributed by atoms with Crippen LogP contribution in [0, 0.1) is 13.8 Å². The lowest BCUT2D eigenvalue weighted by Gasteiger charge is -2.38. The molecular weight excluding hydrogens is 338 g/mol. The van der Waals surface area contributed by atoms with E-state index >= 15 is 0 Å². The molecule has 0 bridgehead atoms. The second-order valence-corrected chi connectivity index (χ2v) is 8.00. The molecule has 2 aromatic rings. The summed E-state index contributed by atoms with van der Waals surface area (Å²) in [5.41, 5.74) is 3.00. The predicted molar refractivity (Wildman–Crippen MR) is 107 cm³/mol. The molecule has 2 unspecified atom stereocenters. The highest BCUT2D eigenvalue weighted by Gasteiger charge is 2.35. The van der Waals surface area contributed by atoms with Crippen LogP contribution in [0.5, 0.6) is 11.5 Å². The second kappa shape index (κ2) is 7.63. The summed E-state index contributed by atoms with van der Waals surface area (Å²) >= 11 is 0. The van der Waals surface area contributed by atoms with Gasteiger partial charge in [-0.15, -0.1) is 0 Å². The van der Waals surface area contributed by atoms with Crippen LogP contribution in [0.15, 0.2) is 42.5 Å². The molecule has 0 aliphatic carbocycles. The van der Waals surface area contributed by atoms with Crippen molar-refractivity contribution >= 4 is 5.91 Å². The van der Waals surface area contributed by atoms with Gasteiger partial charge in [-0.25, -0.2) is 0 Å². The van der Waals surface area contributed by atoms with Crippen molar-refractivity contribution in [3.05, 3.63) is 59.2 Å². The third-order valence-corrected chi connectivity index (χ3v) is 4.91. The van der Waals surface area contributed by atoms with Gasteiger partial charge in [-0.3, -0.25) is 4.79 Å². The predicted octanol–water partition coefficient (Wildman–Crippen LogP) is 4.88. The van der Waals surface area contributed by atoms with Crippen molar-refractivity contribution < 1.29 is 14.3 Å². The van der Waals surface area contributed by atoms with Crippen LogP contribution in [0.1, 0.15) is 56.3 Å². The van der Waals surface area contributed by atoms with E-state index in [4.69, 9.17) is 9.47 Å². The summed E-state index contributed by atoms with van der Waals surface area (Å²) in [5.74, 6) is 1.47. The number of nitrogens with one attached hydrogen (secondary N) is 1. The van der Waals surface area contributed by atoms with Crippen molar-refractivity contribution in [1.29, 1.82) is 0 Å². The van der Waals surface area contributed by atoms with E-state index in [9.17, 15) is 4.79 Å². The Morgan fingerprint density at radius 1 is 1.19 bits per heavy atom. The van der Waals surface area contributed by atoms with Crippen molar-refractivity contribution in [2.75, 3.05) is 0 Å². The number of hydrogen-bond donors (Lipinski definition) is 1. The van der Waals surface area contributed by atoms with Gasteiger partial charge in [-0.2, -0.15) is 0 Å². The molecule has 2 atom stereocenters. The zero-order valence-electron chi connectivity index (χ0n) is 16.8. The van der Waals surface area contributed by atoms with Gasteiger partial charge in [0.2, 0.25) is 0 Å². The van der Waals surface area contributed by atoms with Gasteiger partial charge in [0.05, 0.1) is 6.04 Å². The molecule has 0 saturated carbocycles. The largest absolute Gasteiger partial charge is 0.487 e. The molecule has 1 aliphatic rings. The first-order valence-corrected chi connectivity index (χ1v) is 9.60. The van der Waals surface area contributed by atoms with Gasteiger partial charge in [0, 0.05) is 12.0 Å². The average Bonchev–Trinajstić information content (AvgIpc) is 2.59. The van der Waals surface area contributed by atoms with E-state index in [1.807, 2.05) is 57.2 Å². The van der Waals surface area contributed by atoms with Gasteiger partial charge in [0.1, 0.15) is 17.1 Å². The smallest absolute Gasteiger partial charge is 0.261 e. The van der Waals surface area contributed by atoms with E-state index in [0.29, 0.717) is 12.2 Å². The molecule has 3 rings (SSSR count). The van der Waals surface area contributed by atoms with Crippen molar-refractivity contribution in [2.24, 2.45) is 0 Å². The first kappa shape index (κ1) is 19.3. The molecule has 0 spiro atoms. The molecule has 1 heterocycles. The minimum Gasteiger partial charge on any atom is -0.487 e. The Labute approximate surface area is 161 Å². The maximum atomic E-state index is 12.9. The number of carbonyl (C=O) groups is 1. The zero-order valence-corrected chi connectivity index (χ0v) is 16.8. The quantitative estimate of drug-likeness (QED) is 0.819. The maximum absolute atomic E-state index is 12.9. The van der Waals surface area contributed by atoms with E-state index in [-0.39, 0.29) is 17.6 Å². The van der Waals surface area contributed by atoms with Gasteiger partial charge in [0.25, 0.3) is 5.91 Å². The Bertz CT molecular complexity index is 811. The van der Waals surface area contributed by atoms with Crippen LogP contribution in [0.2, 0.25) is 0 Å². The summed E-state index contributed by atoms with van der Waals surface area (Å²) in [6.45, 7) is 10.1. The van der Waals surface area contributed by atoms with E-state index in [2.05, 4.69) is 25.2 Å². The van der Waals surface area contributed by atoms with Gasteiger partial charge >= 0.3 is 0 Å². The summed E-state index contributed by atoms with van der Waals surface area (Å²) in [6.07, 6.45) is 0.801. The van der Waals surface area contributed by atoms with Crippen molar-refractivity contribution in [3.63, 3.8) is 0 Å². The lowest BCUT2D eigenvalue weighted by atomic mass is 9.89. The van der Waals surface area contributed by atoms with Crippen molar-refractivity contribution in [1.82, 2.24) is 5.32 Å². The Morgan fingerprint density at radius 2 is 1.85 bits per heavy atom. The number of fused-ring (bicyclic) bond motifs is 1. The Balaban J connectivity index is 1.76. The lowest BCUT2D eigenvalue weighted by Crippen LogP contribution is -2.45. The molecule has 2 aromatic carbocycles. The third kappa shape index (κ3) is 4.62. The molecule has 1 aliphatic heterocycles. The third-order valence-electron chi connectivity index (χ3n) is 4.91. The van der Waals surface area contributed by atoms with Crippen LogP contribution in [0.25, 0.3) is 0 Å². The molecule has 4 heteroatoms. The first-order chi connectivity index (χ1) is 12.8. The highest BCUT2D eigenvalue weighted by molar-refractivity contribution is 5.81. The summed E-state index contributed by atoms with van der Waals surface area (Å²) < 4.78 is 12.1. The van der Waals surface area contributed by atoms with Crippen LogP contribution in [-0.2, 0) is 4.79 Å². The second-order valence-electron chi connectivity index (χ2n) is 8.00. The fourth-order valence-corrected chi connectivity index (χ4v) is 3.46. The van der Waals surface area contributed by atoms with Gasteiger partial charge in [0.15, 0.2) is 6.10 Å². The van der Waals surface area contributed by atoms with Crippen LogP contribution >= 0.6 is 0 Å². The number of hydrogen-bond acceptors (Lipinski definition) is 3. The monoisotopic (exact) mass is 367 g/mol. The highest BCUT2D eigenvalue weighted by atomic mass is 16.5. The summed E-state index contributed by atoms with van der Waals surface area (Å²) in [6, 6.07) is 13.8. The lowest BCUT2D eigenvalue weighted by molar-refractivity contribution is -0.129. The van der Waals surface area contributed by atoms with E-state index in [1.54, 1.807) is 0 Å². The Hall–Kier alpha value is -2.49. The number of aryl methyl sites for hydroxylation is 2. The molecule has 27 heavy (non-hydrogen) atoms. The van der Waals surface area contributed by atoms with Crippen LogP contribution in [0.4, 0.5) is 0 Å². The fourth-order valence-electron chi connectivity index (χ4n) is 3.46. The van der Waals surface area contributed by atoms with E-state index < -0.39 is 6.10 Å². The number of rotatable bonds is 5. The van der Waals surface area contributed by atoms with Crippen LogP contribution in [0.3, 0.4) is 0 Å². The normalized spacial score (nSPS) is 18.8. The Morgan fingerprint density at radius 3 is 2.52 bits per heavy atom. The van der Waals surface area contributed by atoms with Crippen molar-refractivity contribution in [2.45, 2.75) is 65.2 Å². The molecule has 144 valence electrons. The fraction of sp³-hybridized carbons (Fsp3) is 0.435. The summed E-state index contributed by atoms with van der Waals surface area (Å²) in [7, 11) is 0. The first-order valence-electron chi connectivity index (χ1n) is 9.60. The van der Waals surface area contributed by atoms with Crippen molar-refractivity contribution in [3.8, 4) is 11.5 Å². The average molecular weight is 367 g/mol. The molecule has 0 fully saturated rings. The van der Waals surface area contributed by atoms with Crippen LogP contribution in [-0.4, -0.2) is 17.6 Å². The molecule has 0 saturated heterocycles. The number of benzene rings is 2. The standard InChI is InChI=1S/C23H29NO3/c1-6-20(26-17-10-7-15(2)8-11-17)22(25)24-19-14-23(4,5)27-21-13-16(3)9-12-18(19)21/h7-13,19-20H,6,14H2,1-5H3,(H,24,25). The molecule has 0 aromatic heterocycles. The summed E-state index contributed by atoms with van der Waals surface area (Å²) in [5, 5.41) is 3.19. The van der Waals surface area contributed by atoms with E-state index in [0.717, 1.165) is 28.9 Å². The zero-order chi connectivity index (χ0) is 19.6. The molecule has 1 N–H and O–H groups in total. The minimum absolute atomic E-state index is 0.0903. The number of amides is 1. The van der Waals surface area contributed by atoms with Gasteiger partial charge in [-0.05, 0) is 57.9 Å². The number of carbonyl (C=O) groups excluding carboxylic acids is 1. The van der Waals surface area contributed by atoms with Gasteiger partial charge < -0.3 is 14.8 Å². The summed E-state index contributed by atoms with van der Waals surface area (Å²) in [4.78, 5) is 12.9. The Kier molecular flexibility index (Phi) is 5.45. The minimum atomic E-state index is -0.521. The highest BCUT2D eigenvalue weighted by Crippen LogP contribution is 2.40. The number of ether oxygens (including phenoxy) is 2. The topological polar surface area (TPSA) is 47.6 Å². The maximum Gasteiger partial charge on any atom is 0.261 e. The molecule has 0 radical (unpaired) electrons. The molecular formula is C23H29NO3. The van der Waals surface area contributed by atoms with Gasteiger partial charge in [-0.1, -0.05) is 36.8 Å².